The molecule has 6 aliphatic carbocycles. The predicted octanol–water partition coefficient (Wildman–Crippen LogP) is 3.62. The Morgan fingerprint density at radius 2 is 1.93 bits per heavy atom. The number of aliphatic carboxylic acids is 1. The number of fused-ring (bicyclic) bond motifs is 12. The number of rotatable bonds is 1. The number of carbonyl (C=O) groups excluding carboxylic acids is 2. The molecular formula is C25H30O5. The molecule has 0 aromatic carbocycles. The number of ether oxygens (including phenoxy) is 1. The van der Waals surface area contributed by atoms with Gasteiger partial charge in [-0.05, 0) is 79.1 Å². The van der Waals surface area contributed by atoms with Crippen molar-refractivity contribution >= 4 is 17.7 Å². The van der Waals surface area contributed by atoms with E-state index in [9.17, 15) is 19.5 Å². The maximum atomic E-state index is 12.5. The van der Waals surface area contributed by atoms with Crippen molar-refractivity contribution in [2.45, 2.75) is 64.4 Å². The third-order valence-corrected chi connectivity index (χ3v) is 11.2. The van der Waals surface area contributed by atoms with Crippen LogP contribution in [0.25, 0.3) is 0 Å². The van der Waals surface area contributed by atoms with Crippen molar-refractivity contribution < 1.29 is 24.2 Å². The zero-order valence-corrected chi connectivity index (χ0v) is 17.7. The Bertz CT molecular complexity index is 951. The van der Waals surface area contributed by atoms with E-state index in [1.165, 1.54) is 12.0 Å². The molecule has 11 atom stereocenters. The van der Waals surface area contributed by atoms with Gasteiger partial charge in [0.15, 0.2) is 11.7 Å². The molecular weight excluding hydrogens is 380 g/mol. The molecule has 0 amide bonds. The number of allylic oxidation sites excluding steroid dienone is 1. The van der Waals surface area contributed by atoms with E-state index in [1.54, 1.807) is 0 Å². The number of esters is 1. The van der Waals surface area contributed by atoms with Crippen molar-refractivity contribution in [1.82, 2.24) is 0 Å². The highest BCUT2D eigenvalue weighted by molar-refractivity contribution is 5.96. The predicted molar refractivity (Wildman–Crippen MR) is 106 cm³/mol. The van der Waals surface area contributed by atoms with Crippen molar-refractivity contribution in [3.05, 3.63) is 11.6 Å². The lowest BCUT2D eigenvalue weighted by atomic mass is 9.45. The summed E-state index contributed by atoms with van der Waals surface area (Å²) < 4.78 is 6.11. The van der Waals surface area contributed by atoms with Crippen LogP contribution in [0.5, 0.6) is 0 Å². The first-order chi connectivity index (χ1) is 14.2. The molecule has 0 aromatic rings. The summed E-state index contributed by atoms with van der Waals surface area (Å²) >= 11 is 0. The largest absolute Gasteiger partial charge is 0.481 e. The van der Waals surface area contributed by atoms with E-state index in [4.69, 9.17) is 4.74 Å². The van der Waals surface area contributed by atoms with Crippen LogP contribution in [0.1, 0.15) is 58.8 Å². The fourth-order valence-corrected chi connectivity index (χ4v) is 9.93. The normalized spacial score (nSPS) is 59.3. The molecule has 0 radical (unpaired) electrons. The lowest BCUT2D eigenvalue weighted by Crippen LogP contribution is -2.57. The monoisotopic (exact) mass is 410 g/mol. The van der Waals surface area contributed by atoms with Crippen molar-refractivity contribution in [3.63, 3.8) is 0 Å². The van der Waals surface area contributed by atoms with Crippen LogP contribution in [0.2, 0.25) is 0 Å². The Morgan fingerprint density at radius 3 is 2.67 bits per heavy atom. The van der Waals surface area contributed by atoms with E-state index in [0.29, 0.717) is 60.1 Å². The van der Waals surface area contributed by atoms with Crippen LogP contribution in [0.15, 0.2) is 11.6 Å². The first-order valence-corrected chi connectivity index (χ1v) is 11.9. The van der Waals surface area contributed by atoms with Crippen LogP contribution in [0.3, 0.4) is 0 Å². The lowest BCUT2D eigenvalue weighted by Gasteiger charge is -2.60. The first kappa shape index (κ1) is 18.0. The molecule has 1 aliphatic heterocycles. The molecule has 5 heteroatoms. The number of carboxylic acids is 1. The van der Waals surface area contributed by atoms with Crippen LogP contribution in [-0.4, -0.2) is 28.4 Å². The minimum Gasteiger partial charge on any atom is -0.481 e. The van der Waals surface area contributed by atoms with Crippen molar-refractivity contribution in [3.8, 4) is 0 Å². The van der Waals surface area contributed by atoms with Gasteiger partial charge in [0, 0.05) is 24.2 Å². The molecule has 0 aromatic heterocycles. The van der Waals surface area contributed by atoms with E-state index in [-0.39, 0.29) is 10.8 Å². The van der Waals surface area contributed by atoms with Crippen LogP contribution in [0.4, 0.5) is 0 Å². The second-order valence-corrected chi connectivity index (χ2v) is 12.1. The first-order valence-electron chi connectivity index (χ1n) is 11.9. The highest BCUT2D eigenvalue weighted by Gasteiger charge is 2.82. The second kappa shape index (κ2) is 5.05. The maximum absolute atomic E-state index is 12.5. The molecule has 5 nitrogen and oxygen atoms in total. The number of carbonyl (C=O) groups is 3. The summed E-state index contributed by atoms with van der Waals surface area (Å²) in [4.78, 5) is 36.4. The molecule has 30 heavy (non-hydrogen) atoms. The van der Waals surface area contributed by atoms with Gasteiger partial charge in [0.05, 0.1) is 0 Å². The Kier molecular flexibility index (Phi) is 3.02. The number of hydrogen-bond acceptors (Lipinski definition) is 4. The molecule has 7 rings (SSSR count). The summed E-state index contributed by atoms with van der Waals surface area (Å²) in [6, 6.07) is 0. The summed E-state index contributed by atoms with van der Waals surface area (Å²) in [5, 5.41) is 9.59. The van der Waals surface area contributed by atoms with Gasteiger partial charge in [0.25, 0.3) is 0 Å². The molecule has 1 spiro atoms. The summed E-state index contributed by atoms with van der Waals surface area (Å²) in [6.45, 7) is 4.75. The highest BCUT2D eigenvalue weighted by Crippen LogP contribution is 2.82. The fraction of sp³-hybridized carbons (Fsp3) is 0.800. The fourth-order valence-electron chi connectivity index (χ4n) is 9.93. The smallest absolute Gasteiger partial charge is 0.321 e. The minimum absolute atomic E-state index is 0.100. The van der Waals surface area contributed by atoms with E-state index < -0.39 is 23.5 Å². The Morgan fingerprint density at radius 1 is 1.13 bits per heavy atom. The number of hydrogen-bond donors (Lipinski definition) is 1. The van der Waals surface area contributed by atoms with E-state index in [0.717, 1.165) is 25.7 Å². The van der Waals surface area contributed by atoms with Crippen LogP contribution in [-0.2, 0) is 19.1 Å². The summed E-state index contributed by atoms with van der Waals surface area (Å²) in [5.74, 6) is 1.78. The molecule has 1 heterocycles. The minimum atomic E-state index is -1.02. The van der Waals surface area contributed by atoms with Crippen molar-refractivity contribution in [1.29, 1.82) is 0 Å². The van der Waals surface area contributed by atoms with Gasteiger partial charge in [0.1, 0.15) is 5.60 Å². The third-order valence-electron chi connectivity index (χ3n) is 11.2. The third kappa shape index (κ3) is 1.79. The topological polar surface area (TPSA) is 80.7 Å². The van der Waals surface area contributed by atoms with Gasteiger partial charge < -0.3 is 9.84 Å². The summed E-state index contributed by atoms with van der Waals surface area (Å²) in [6.07, 6.45) is 8.47. The standard InChI is InChI=1S/C25H30O5/c1-23-5-3-11(26)7-17(23)12-8-13(12)19-16(23)4-6-24(2)20(19)14-9-18(14)25(24)10-15(21(27)28)22(29)30-25/h7,12-16,18-20H,3-6,8-10H2,1-2H3,(H,27,28)/t12-,13+,14?,15?,16?,18+,19?,20?,23-,24+,25+/m1/s1. The SMILES string of the molecule is C[C@]12CCC(=O)C=C1[C@@H]1C[C@@H]1C1C2CC[C@@]2(C)C1C1C[C@@H]1[C@@]21CC(C(=O)O)C(=O)O1. The Labute approximate surface area is 176 Å². The van der Waals surface area contributed by atoms with Crippen LogP contribution >= 0.6 is 0 Å². The van der Waals surface area contributed by atoms with Crippen molar-refractivity contribution in [2.75, 3.05) is 0 Å². The van der Waals surface area contributed by atoms with Gasteiger partial charge in [-0.3, -0.25) is 14.4 Å². The second-order valence-electron chi connectivity index (χ2n) is 12.1. The zero-order chi connectivity index (χ0) is 20.8. The highest BCUT2D eigenvalue weighted by atomic mass is 16.6. The quantitative estimate of drug-likeness (QED) is 0.528. The van der Waals surface area contributed by atoms with Gasteiger partial charge >= 0.3 is 11.9 Å². The maximum Gasteiger partial charge on any atom is 0.321 e. The lowest BCUT2D eigenvalue weighted by molar-refractivity contribution is -0.178. The van der Waals surface area contributed by atoms with Crippen LogP contribution < -0.4 is 0 Å². The average molecular weight is 411 g/mol. The zero-order valence-electron chi connectivity index (χ0n) is 17.7. The summed E-state index contributed by atoms with van der Waals surface area (Å²) in [5.41, 5.74) is 0.939. The molecule has 1 saturated heterocycles. The number of ketones is 1. The van der Waals surface area contributed by atoms with E-state index >= 15 is 0 Å². The van der Waals surface area contributed by atoms with Gasteiger partial charge in [-0.2, -0.15) is 0 Å². The molecule has 0 bridgehead atoms. The van der Waals surface area contributed by atoms with Crippen molar-refractivity contribution in [2.24, 2.45) is 58.2 Å². The van der Waals surface area contributed by atoms with Crippen LogP contribution in [0, 0.1) is 58.2 Å². The van der Waals surface area contributed by atoms with Gasteiger partial charge in [0.2, 0.25) is 0 Å². The summed E-state index contributed by atoms with van der Waals surface area (Å²) in [7, 11) is 0. The van der Waals surface area contributed by atoms with Gasteiger partial charge in [-0.15, -0.1) is 0 Å². The molecule has 160 valence electrons. The molecule has 6 fully saturated rings. The molecule has 5 unspecified atom stereocenters. The van der Waals surface area contributed by atoms with Gasteiger partial charge in [-0.1, -0.05) is 19.4 Å². The molecule has 7 aliphatic rings. The van der Waals surface area contributed by atoms with Gasteiger partial charge in [-0.25, -0.2) is 0 Å². The van der Waals surface area contributed by atoms with E-state index in [2.05, 4.69) is 13.8 Å². The Balaban J connectivity index is 1.30. The molecule has 1 N–H and O–H groups in total. The molecule has 5 saturated carbocycles. The average Bonchev–Trinajstić information content (AvgIpc) is 3.59. The Hall–Kier alpha value is -1.65. The number of carboxylic acid groups (broad SMARTS) is 1. The van der Waals surface area contributed by atoms with E-state index in [1.807, 2.05) is 6.08 Å².